The van der Waals surface area contributed by atoms with Crippen molar-refractivity contribution in [2.75, 3.05) is 0 Å². The van der Waals surface area contributed by atoms with Gasteiger partial charge in [-0.2, -0.15) is 0 Å². The minimum absolute atomic E-state index is 0.455. The van der Waals surface area contributed by atoms with Gasteiger partial charge in [-0.1, -0.05) is 0 Å². The number of nitrogens with zero attached hydrogens (tertiary/aromatic N) is 2. The zero-order valence-corrected chi connectivity index (χ0v) is 13.0. The van der Waals surface area contributed by atoms with Crippen LogP contribution in [-0.4, -0.2) is 30.2 Å². The molecule has 0 bridgehead atoms. The Labute approximate surface area is 104 Å². The van der Waals surface area contributed by atoms with Crippen molar-refractivity contribution in [2.45, 2.75) is 4.18 Å². The second-order valence-corrected chi connectivity index (χ2v) is 9.84. The van der Waals surface area contributed by atoms with Crippen molar-refractivity contribution in [1.29, 1.82) is 0 Å². The Morgan fingerprint density at radius 3 is 2.64 bits per heavy atom. The molecule has 0 aliphatic rings. The predicted molar refractivity (Wildman–Crippen MR) is 63.7 cm³/mol. The van der Waals surface area contributed by atoms with E-state index >= 15 is 0 Å². The van der Waals surface area contributed by atoms with E-state index in [1.165, 1.54) is 21.3 Å². The molecule has 1 aromatic carbocycles. The zero-order valence-electron chi connectivity index (χ0n) is 7.35. The minimum atomic E-state index is -0.455. The summed E-state index contributed by atoms with van der Waals surface area (Å²) in [5.74, 6) is 0. The van der Waals surface area contributed by atoms with Crippen molar-refractivity contribution in [3.8, 4) is 11.3 Å². The number of aromatic nitrogens is 2. The van der Waals surface area contributed by atoms with E-state index in [0.29, 0.717) is 0 Å². The van der Waals surface area contributed by atoms with E-state index < -0.39 is 20.6 Å². The quantitative estimate of drug-likeness (QED) is 0.831. The third kappa shape index (κ3) is 2.58. The SMILES string of the molecule is [Br][In][CH2]c1ccc(-c2csnn2)cc1. The van der Waals surface area contributed by atoms with Gasteiger partial charge in [0.2, 0.25) is 0 Å². The van der Waals surface area contributed by atoms with Crippen molar-refractivity contribution in [3.63, 3.8) is 0 Å². The van der Waals surface area contributed by atoms with Gasteiger partial charge in [-0.05, 0) is 0 Å². The van der Waals surface area contributed by atoms with Crippen molar-refractivity contribution in [1.82, 2.24) is 9.59 Å². The van der Waals surface area contributed by atoms with Gasteiger partial charge in [0, 0.05) is 0 Å². The number of rotatable bonds is 3. The molecule has 0 saturated heterocycles. The van der Waals surface area contributed by atoms with Gasteiger partial charge in [-0.15, -0.1) is 0 Å². The molecule has 0 amide bonds. The Kier molecular flexibility index (Phi) is 4.01. The Morgan fingerprint density at radius 2 is 2.07 bits per heavy atom. The van der Waals surface area contributed by atoms with E-state index in [0.717, 1.165) is 11.3 Å². The third-order valence-electron chi connectivity index (χ3n) is 1.92. The molecule has 1 radical (unpaired) electrons. The third-order valence-corrected chi connectivity index (χ3v) is 6.38. The fourth-order valence-electron chi connectivity index (χ4n) is 1.19. The van der Waals surface area contributed by atoms with Gasteiger partial charge >= 0.3 is 105 Å². The summed E-state index contributed by atoms with van der Waals surface area (Å²) in [5, 5.41) is 6.00. The fraction of sp³-hybridized carbons (Fsp3) is 0.111. The van der Waals surface area contributed by atoms with Crippen LogP contribution in [0.2, 0.25) is 0 Å². The Bertz CT molecular complexity index is 388. The second-order valence-electron chi connectivity index (χ2n) is 2.85. The number of benzene rings is 1. The van der Waals surface area contributed by atoms with Crippen LogP contribution in [0.3, 0.4) is 0 Å². The molecule has 14 heavy (non-hydrogen) atoms. The standard InChI is InChI=1S/C9H7N2S.BrH.In/c1-7-2-4-8(5-3-7)9-6-12-11-10-9;;/h2-6H,1H2;1H;/q;;+1/p-1. The second kappa shape index (κ2) is 5.28. The molecule has 2 aromatic rings. The molecule has 1 heterocycles. The molecular weight excluding hydrogens is 363 g/mol. The van der Waals surface area contributed by atoms with E-state index in [1.54, 1.807) is 0 Å². The molecule has 0 atom stereocenters. The Morgan fingerprint density at radius 1 is 1.29 bits per heavy atom. The predicted octanol–water partition coefficient (Wildman–Crippen LogP) is 2.72. The van der Waals surface area contributed by atoms with E-state index in [9.17, 15) is 0 Å². The van der Waals surface area contributed by atoms with Crippen LogP contribution in [0.25, 0.3) is 11.3 Å². The number of halogens is 1. The van der Waals surface area contributed by atoms with Crippen molar-refractivity contribution in [3.05, 3.63) is 35.2 Å². The van der Waals surface area contributed by atoms with Gasteiger partial charge in [0.05, 0.1) is 0 Å². The average Bonchev–Trinajstić information content (AvgIpc) is 2.72. The molecule has 0 aliphatic carbocycles. The normalized spacial score (nSPS) is 10.1. The number of hydrogen-bond donors (Lipinski definition) is 0. The summed E-state index contributed by atoms with van der Waals surface area (Å²) in [6.45, 7) is 0. The molecular formula is C9H7BrInN2S. The molecule has 69 valence electrons. The van der Waals surface area contributed by atoms with Crippen LogP contribution in [0.15, 0.2) is 29.6 Å². The van der Waals surface area contributed by atoms with Gasteiger partial charge in [-0.25, -0.2) is 0 Å². The van der Waals surface area contributed by atoms with Crippen LogP contribution in [0, 0.1) is 0 Å². The number of hydrogen-bond acceptors (Lipinski definition) is 3. The monoisotopic (exact) mass is 369 g/mol. The molecule has 2 nitrogen and oxygen atoms in total. The van der Waals surface area contributed by atoms with Gasteiger partial charge in [0.15, 0.2) is 0 Å². The van der Waals surface area contributed by atoms with Crippen LogP contribution >= 0.6 is 23.8 Å². The topological polar surface area (TPSA) is 25.8 Å². The Hall–Kier alpha value is 0.130. The molecule has 0 fully saturated rings. The first kappa shape index (κ1) is 10.6. The maximum atomic E-state index is 4.03. The van der Waals surface area contributed by atoms with E-state index in [1.807, 2.05) is 5.38 Å². The van der Waals surface area contributed by atoms with Crippen LogP contribution in [0.5, 0.6) is 0 Å². The van der Waals surface area contributed by atoms with Crippen LogP contribution in [-0.2, 0) is 4.18 Å². The van der Waals surface area contributed by atoms with E-state index in [-0.39, 0.29) is 0 Å². The summed E-state index contributed by atoms with van der Waals surface area (Å²) >= 11 is 4.55. The molecule has 0 unspecified atom stereocenters. The molecule has 0 N–H and O–H groups in total. The molecule has 1 aromatic heterocycles. The molecule has 5 heteroatoms. The fourth-order valence-corrected chi connectivity index (χ4v) is 5.45. The van der Waals surface area contributed by atoms with Gasteiger partial charge in [-0.3, -0.25) is 0 Å². The first-order valence-corrected chi connectivity index (χ1v) is 14.7. The summed E-state index contributed by atoms with van der Waals surface area (Å²) in [7, 11) is 0. The van der Waals surface area contributed by atoms with Crippen molar-refractivity contribution >= 4 is 44.4 Å². The van der Waals surface area contributed by atoms with E-state index in [2.05, 4.69) is 46.1 Å². The van der Waals surface area contributed by atoms with Gasteiger partial charge in [0.25, 0.3) is 0 Å². The maximum absolute atomic E-state index is 4.03. The van der Waals surface area contributed by atoms with Gasteiger partial charge in [0.1, 0.15) is 0 Å². The molecule has 0 spiro atoms. The summed E-state index contributed by atoms with van der Waals surface area (Å²) in [6.07, 6.45) is 0. The van der Waals surface area contributed by atoms with E-state index in [4.69, 9.17) is 0 Å². The first-order chi connectivity index (χ1) is 6.90. The van der Waals surface area contributed by atoms with Crippen LogP contribution in [0.4, 0.5) is 0 Å². The first-order valence-electron chi connectivity index (χ1n) is 4.18. The summed E-state index contributed by atoms with van der Waals surface area (Å²) in [5.41, 5.74) is 3.56. The van der Waals surface area contributed by atoms with Crippen molar-refractivity contribution < 1.29 is 0 Å². The van der Waals surface area contributed by atoms with Gasteiger partial charge < -0.3 is 0 Å². The summed E-state index contributed by atoms with van der Waals surface area (Å²) in [4.78, 5) is 0. The van der Waals surface area contributed by atoms with Crippen LogP contribution < -0.4 is 0 Å². The van der Waals surface area contributed by atoms with Crippen LogP contribution in [0.1, 0.15) is 5.56 Å². The Balaban J connectivity index is 2.22. The molecule has 2 rings (SSSR count). The average molecular weight is 370 g/mol. The zero-order chi connectivity index (χ0) is 9.80. The summed E-state index contributed by atoms with van der Waals surface area (Å²) in [6, 6.07) is 8.61. The molecule has 0 saturated carbocycles. The van der Waals surface area contributed by atoms with Crippen molar-refractivity contribution in [2.24, 2.45) is 0 Å². The molecule has 0 aliphatic heterocycles. The summed E-state index contributed by atoms with van der Waals surface area (Å²) < 4.78 is 5.11.